The van der Waals surface area contributed by atoms with Crippen LogP contribution in [0.4, 0.5) is 5.69 Å². The van der Waals surface area contributed by atoms with Crippen LogP contribution in [0.15, 0.2) is 37.6 Å². The van der Waals surface area contributed by atoms with Crippen LogP contribution in [0, 0.1) is 0 Å². The SMILES string of the molecule is COc1cc(Cl)ccc1N=Cc1c(O)c2c(=O)n(C)c(=O)n(C)c2n(C)c1=O. The molecule has 0 aliphatic rings. The molecule has 0 amide bonds. The zero-order chi connectivity index (χ0) is 20.7. The largest absolute Gasteiger partial charge is 0.506 e. The van der Waals surface area contributed by atoms with Crippen LogP contribution in [0.3, 0.4) is 0 Å². The lowest BCUT2D eigenvalue weighted by atomic mass is 10.2. The average molecular weight is 405 g/mol. The highest BCUT2D eigenvalue weighted by Crippen LogP contribution is 2.30. The number of nitrogens with zero attached hydrogens (tertiary/aromatic N) is 4. The zero-order valence-electron chi connectivity index (χ0n) is 15.6. The molecule has 10 heteroatoms. The molecule has 0 unspecified atom stereocenters. The van der Waals surface area contributed by atoms with Crippen LogP contribution in [-0.4, -0.2) is 32.1 Å². The van der Waals surface area contributed by atoms with Crippen molar-refractivity contribution < 1.29 is 9.84 Å². The summed E-state index contributed by atoms with van der Waals surface area (Å²) in [5.41, 5.74) is -1.75. The number of rotatable bonds is 3. The van der Waals surface area contributed by atoms with Crippen molar-refractivity contribution in [1.82, 2.24) is 13.7 Å². The fourth-order valence-electron chi connectivity index (χ4n) is 2.95. The summed E-state index contributed by atoms with van der Waals surface area (Å²) in [4.78, 5) is 41.6. The minimum absolute atomic E-state index is 0.0109. The number of pyridine rings is 1. The predicted octanol–water partition coefficient (Wildman–Crippen LogP) is 1.05. The smallest absolute Gasteiger partial charge is 0.332 e. The summed E-state index contributed by atoms with van der Waals surface area (Å²) in [7, 11) is 5.56. The minimum atomic E-state index is -0.718. The third-order valence-electron chi connectivity index (χ3n) is 4.45. The summed E-state index contributed by atoms with van der Waals surface area (Å²) in [6.07, 6.45) is 1.15. The number of aryl methyl sites for hydroxylation is 2. The molecule has 0 atom stereocenters. The molecule has 146 valence electrons. The molecule has 2 aromatic heterocycles. The van der Waals surface area contributed by atoms with Crippen molar-refractivity contribution in [3.8, 4) is 11.5 Å². The summed E-state index contributed by atoms with van der Waals surface area (Å²) in [6.45, 7) is 0. The normalized spacial score (nSPS) is 11.5. The van der Waals surface area contributed by atoms with Crippen molar-refractivity contribution >= 4 is 34.5 Å². The van der Waals surface area contributed by atoms with E-state index in [1.807, 2.05) is 0 Å². The molecule has 3 aromatic rings. The molecule has 28 heavy (non-hydrogen) atoms. The van der Waals surface area contributed by atoms with Gasteiger partial charge in [-0.15, -0.1) is 0 Å². The molecular weight excluding hydrogens is 388 g/mol. The lowest BCUT2D eigenvalue weighted by Crippen LogP contribution is -2.40. The van der Waals surface area contributed by atoms with Gasteiger partial charge in [-0.1, -0.05) is 11.6 Å². The molecule has 0 saturated heterocycles. The van der Waals surface area contributed by atoms with Gasteiger partial charge in [0.2, 0.25) is 0 Å². The quantitative estimate of drug-likeness (QED) is 0.656. The highest BCUT2D eigenvalue weighted by Gasteiger charge is 2.20. The lowest BCUT2D eigenvalue weighted by molar-refractivity contribution is 0.416. The molecule has 0 spiro atoms. The summed E-state index contributed by atoms with van der Waals surface area (Å²) < 4.78 is 8.30. The number of fused-ring (bicyclic) bond motifs is 1. The molecule has 1 aromatic carbocycles. The maximum Gasteiger partial charge on any atom is 0.332 e. The highest BCUT2D eigenvalue weighted by atomic mass is 35.5. The second-order valence-corrected chi connectivity index (χ2v) is 6.54. The summed E-state index contributed by atoms with van der Waals surface area (Å²) in [5.74, 6) is -0.176. The fraction of sp³-hybridized carbons (Fsp3) is 0.222. The molecule has 0 radical (unpaired) electrons. The number of hydrogen-bond acceptors (Lipinski definition) is 6. The number of aliphatic imine (C=N–C) groups is 1. The van der Waals surface area contributed by atoms with Gasteiger partial charge in [-0.05, 0) is 12.1 Å². The summed E-state index contributed by atoms with van der Waals surface area (Å²) in [6, 6.07) is 4.74. The van der Waals surface area contributed by atoms with Gasteiger partial charge < -0.3 is 9.84 Å². The van der Waals surface area contributed by atoms with Crippen molar-refractivity contribution in [2.75, 3.05) is 7.11 Å². The van der Waals surface area contributed by atoms with Crippen molar-refractivity contribution in [3.05, 3.63) is 60.0 Å². The predicted molar refractivity (Wildman–Crippen MR) is 107 cm³/mol. The van der Waals surface area contributed by atoms with E-state index >= 15 is 0 Å². The van der Waals surface area contributed by atoms with Crippen molar-refractivity contribution in [1.29, 1.82) is 0 Å². The van der Waals surface area contributed by atoms with Crippen LogP contribution in [0.1, 0.15) is 5.56 Å². The first-order valence-electron chi connectivity index (χ1n) is 8.08. The standard InChI is InChI=1S/C18H17ClN4O5/c1-21-15-13(17(26)23(3)18(27)22(15)2)14(24)10(16(21)25)8-20-11-6-5-9(19)7-12(11)28-4/h5-8,24H,1-4H3. The number of benzene rings is 1. The molecule has 2 heterocycles. The maximum atomic E-state index is 12.7. The number of aromatic nitrogens is 3. The van der Waals surface area contributed by atoms with E-state index < -0.39 is 22.6 Å². The first kappa shape index (κ1) is 19.4. The Labute approximate surface area is 163 Å². The van der Waals surface area contributed by atoms with Gasteiger partial charge in [0.15, 0.2) is 0 Å². The monoisotopic (exact) mass is 404 g/mol. The molecule has 9 nitrogen and oxygen atoms in total. The zero-order valence-corrected chi connectivity index (χ0v) is 16.3. The fourth-order valence-corrected chi connectivity index (χ4v) is 3.12. The average Bonchev–Trinajstić information content (AvgIpc) is 2.68. The number of hydrogen-bond donors (Lipinski definition) is 1. The maximum absolute atomic E-state index is 12.7. The summed E-state index contributed by atoms with van der Waals surface area (Å²) in [5, 5.41) is 10.9. The molecule has 0 fully saturated rings. The molecule has 0 aliphatic heterocycles. The minimum Gasteiger partial charge on any atom is -0.506 e. The molecule has 0 bridgehead atoms. The Morgan fingerprint density at radius 3 is 2.39 bits per heavy atom. The van der Waals surface area contributed by atoms with E-state index in [2.05, 4.69) is 4.99 Å². The number of aromatic hydroxyl groups is 1. The number of ether oxygens (including phenoxy) is 1. The van der Waals surface area contributed by atoms with E-state index in [-0.39, 0.29) is 16.6 Å². The van der Waals surface area contributed by atoms with Crippen LogP contribution in [0.5, 0.6) is 11.5 Å². The third-order valence-corrected chi connectivity index (χ3v) is 4.69. The molecule has 0 saturated carbocycles. The lowest BCUT2D eigenvalue weighted by Gasteiger charge is -2.13. The van der Waals surface area contributed by atoms with Crippen molar-refractivity contribution in [3.63, 3.8) is 0 Å². The van der Waals surface area contributed by atoms with Crippen LogP contribution in [0.2, 0.25) is 5.02 Å². The molecule has 0 aliphatic carbocycles. The van der Waals surface area contributed by atoms with E-state index in [1.165, 1.54) is 28.3 Å². The van der Waals surface area contributed by atoms with Gasteiger partial charge in [-0.25, -0.2) is 4.79 Å². The molecule has 3 rings (SSSR count). The van der Waals surface area contributed by atoms with E-state index in [0.29, 0.717) is 16.5 Å². The van der Waals surface area contributed by atoms with Crippen LogP contribution >= 0.6 is 11.6 Å². The van der Waals surface area contributed by atoms with E-state index in [9.17, 15) is 19.5 Å². The van der Waals surface area contributed by atoms with Gasteiger partial charge in [0.25, 0.3) is 11.1 Å². The summed E-state index contributed by atoms with van der Waals surface area (Å²) >= 11 is 5.92. The Morgan fingerprint density at radius 1 is 1.07 bits per heavy atom. The van der Waals surface area contributed by atoms with Gasteiger partial charge in [0.05, 0.1) is 7.11 Å². The second-order valence-electron chi connectivity index (χ2n) is 6.11. The van der Waals surface area contributed by atoms with Crippen molar-refractivity contribution in [2.45, 2.75) is 0 Å². The van der Waals surface area contributed by atoms with Gasteiger partial charge >= 0.3 is 5.69 Å². The van der Waals surface area contributed by atoms with Gasteiger partial charge in [0.1, 0.15) is 33.8 Å². The van der Waals surface area contributed by atoms with Crippen LogP contribution < -0.4 is 21.5 Å². The van der Waals surface area contributed by atoms with Gasteiger partial charge in [-0.3, -0.25) is 28.3 Å². The van der Waals surface area contributed by atoms with E-state index in [0.717, 1.165) is 19.9 Å². The Balaban J connectivity index is 2.34. The Bertz CT molecular complexity index is 1320. The van der Waals surface area contributed by atoms with E-state index in [1.54, 1.807) is 18.2 Å². The second kappa shape index (κ2) is 7.01. The number of methoxy groups -OCH3 is 1. The first-order chi connectivity index (χ1) is 13.2. The van der Waals surface area contributed by atoms with Gasteiger partial charge in [0, 0.05) is 38.4 Å². The van der Waals surface area contributed by atoms with E-state index in [4.69, 9.17) is 16.3 Å². The highest BCUT2D eigenvalue weighted by molar-refractivity contribution is 6.30. The molecule has 1 N–H and O–H groups in total. The number of halogens is 1. The Morgan fingerprint density at radius 2 is 1.75 bits per heavy atom. The van der Waals surface area contributed by atoms with Crippen LogP contribution in [0.25, 0.3) is 11.0 Å². The van der Waals surface area contributed by atoms with Gasteiger partial charge in [-0.2, -0.15) is 0 Å². The Hall–Kier alpha value is -3.33. The first-order valence-corrected chi connectivity index (χ1v) is 8.46. The van der Waals surface area contributed by atoms with Crippen molar-refractivity contribution in [2.24, 2.45) is 26.1 Å². The Kier molecular flexibility index (Phi) is 4.86. The third kappa shape index (κ3) is 2.89. The molecular formula is C18H17ClN4O5. The topological polar surface area (TPSA) is 108 Å². The van der Waals surface area contributed by atoms with Crippen LogP contribution in [-0.2, 0) is 21.1 Å².